The number of nitrogens with one attached hydrogen (secondary N) is 1. The number of rotatable bonds is 3. The zero-order chi connectivity index (χ0) is 11.6. The lowest BCUT2D eigenvalue weighted by Gasteiger charge is -2.21. The molecule has 0 aliphatic heterocycles. The topological polar surface area (TPSA) is 37.8 Å². The molecule has 1 atom stereocenters. The Hall–Kier alpha value is -0.680. The van der Waals surface area contributed by atoms with Crippen LogP contribution >= 0.6 is 23.2 Å². The van der Waals surface area contributed by atoms with E-state index in [0.717, 1.165) is 6.92 Å². The van der Waals surface area contributed by atoms with Crippen LogP contribution in [0.4, 0.5) is 14.6 Å². The molecule has 84 valence electrons. The van der Waals surface area contributed by atoms with Crippen LogP contribution in [0.25, 0.3) is 0 Å². The number of alkyl halides is 2. The van der Waals surface area contributed by atoms with Gasteiger partial charge in [-0.3, -0.25) is 0 Å². The van der Waals surface area contributed by atoms with Gasteiger partial charge in [-0.25, -0.2) is 13.8 Å². The molecule has 0 radical (unpaired) electrons. The van der Waals surface area contributed by atoms with Gasteiger partial charge in [0.05, 0.1) is 12.2 Å². The second-order valence-electron chi connectivity index (χ2n) is 3.16. The summed E-state index contributed by atoms with van der Waals surface area (Å²) >= 11 is 11.2. The lowest BCUT2D eigenvalue weighted by Crippen LogP contribution is -2.34. The first-order valence-corrected chi connectivity index (χ1v) is 4.88. The van der Waals surface area contributed by atoms with Gasteiger partial charge in [0, 0.05) is 6.92 Å². The monoisotopic (exact) mass is 255 g/mol. The van der Waals surface area contributed by atoms with Crippen LogP contribution in [0.1, 0.15) is 13.8 Å². The van der Waals surface area contributed by atoms with Gasteiger partial charge in [0.25, 0.3) is 5.92 Å². The molecule has 0 aliphatic rings. The van der Waals surface area contributed by atoms with Gasteiger partial charge in [0.1, 0.15) is 10.8 Å². The molecule has 1 N–H and O–H groups in total. The number of aromatic nitrogens is 2. The Bertz CT molecular complexity index is 354. The predicted molar refractivity (Wildman–Crippen MR) is 55.8 cm³/mol. The standard InChI is InChI=1S/C8H9Cl2F2N3/c1-4(8(2,11)12)14-6-5(9)3-13-7(10)15-6/h3-4H,1-2H3,(H,13,14,15). The average Bonchev–Trinajstić information content (AvgIpc) is 2.09. The highest BCUT2D eigenvalue weighted by Gasteiger charge is 2.30. The Morgan fingerprint density at radius 1 is 1.47 bits per heavy atom. The van der Waals surface area contributed by atoms with Crippen molar-refractivity contribution >= 4 is 29.0 Å². The maximum atomic E-state index is 12.9. The van der Waals surface area contributed by atoms with Gasteiger partial charge in [0.15, 0.2) is 0 Å². The Kier molecular flexibility index (Phi) is 3.67. The Balaban J connectivity index is 2.85. The Morgan fingerprint density at radius 2 is 2.07 bits per heavy atom. The van der Waals surface area contributed by atoms with Crippen molar-refractivity contribution < 1.29 is 8.78 Å². The molecule has 3 nitrogen and oxygen atoms in total. The number of halogens is 4. The second kappa shape index (κ2) is 4.45. The molecule has 0 saturated carbocycles. The van der Waals surface area contributed by atoms with Crippen LogP contribution < -0.4 is 5.32 Å². The maximum Gasteiger partial charge on any atom is 0.264 e. The molecule has 0 bridgehead atoms. The van der Waals surface area contributed by atoms with Gasteiger partial charge in [-0.1, -0.05) is 11.6 Å². The molecule has 0 amide bonds. The van der Waals surface area contributed by atoms with Crippen LogP contribution in [0.5, 0.6) is 0 Å². The van der Waals surface area contributed by atoms with E-state index in [1.54, 1.807) is 0 Å². The van der Waals surface area contributed by atoms with E-state index in [4.69, 9.17) is 23.2 Å². The summed E-state index contributed by atoms with van der Waals surface area (Å²) in [5.41, 5.74) is 0. The molecule has 0 aliphatic carbocycles. The summed E-state index contributed by atoms with van der Waals surface area (Å²) in [6.07, 6.45) is 1.25. The van der Waals surface area contributed by atoms with E-state index in [1.807, 2.05) is 0 Å². The van der Waals surface area contributed by atoms with E-state index >= 15 is 0 Å². The normalized spacial score (nSPS) is 13.7. The molecule has 0 aromatic carbocycles. The summed E-state index contributed by atoms with van der Waals surface area (Å²) in [6.45, 7) is 2.13. The van der Waals surface area contributed by atoms with Gasteiger partial charge in [-0.2, -0.15) is 4.98 Å². The smallest absolute Gasteiger partial charge is 0.264 e. The molecular formula is C8H9Cl2F2N3. The van der Waals surface area contributed by atoms with Crippen LogP contribution in [0.15, 0.2) is 6.20 Å². The van der Waals surface area contributed by atoms with Gasteiger partial charge in [-0.05, 0) is 18.5 Å². The molecule has 1 heterocycles. The zero-order valence-electron chi connectivity index (χ0n) is 8.06. The fourth-order valence-corrected chi connectivity index (χ4v) is 1.06. The fourth-order valence-electron chi connectivity index (χ4n) is 0.779. The lowest BCUT2D eigenvalue weighted by atomic mass is 10.2. The van der Waals surface area contributed by atoms with E-state index < -0.39 is 12.0 Å². The van der Waals surface area contributed by atoms with Gasteiger partial charge in [0.2, 0.25) is 5.28 Å². The minimum atomic E-state index is -2.87. The van der Waals surface area contributed by atoms with Crippen LogP contribution in [0.3, 0.4) is 0 Å². The minimum absolute atomic E-state index is 0.0477. The van der Waals surface area contributed by atoms with Crippen molar-refractivity contribution in [2.45, 2.75) is 25.8 Å². The predicted octanol–water partition coefficient (Wildman–Crippen LogP) is 3.24. The average molecular weight is 256 g/mol. The van der Waals surface area contributed by atoms with E-state index in [1.165, 1.54) is 13.1 Å². The molecule has 1 aromatic rings. The van der Waals surface area contributed by atoms with E-state index in [9.17, 15) is 8.78 Å². The van der Waals surface area contributed by atoms with E-state index in [2.05, 4.69) is 15.3 Å². The fraction of sp³-hybridized carbons (Fsp3) is 0.500. The number of hydrogen-bond acceptors (Lipinski definition) is 3. The Morgan fingerprint density at radius 3 is 2.60 bits per heavy atom. The van der Waals surface area contributed by atoms with Gasteiger partial charge < -0.3 is 5.32 Å². The maximum absolute atomic E-state index is 12.9. The quantitative estimate of drug-likeness (QED) is 0.843. The van der Waals surface area contributed by atoms with Crippen molar-refractivity contribution in [3.05, 3.63) is 16.5 Å². The highest BCUT2D eigenvalue weighted by molar-refractivity contribution is 6.33. The van der Waals surface area contributed by atoms with Crippen LogP contribution in [0.2, 0.25) is 10.3 Å². The summed E-state index contributed by atoms with van der Waals surface area (Å²) in [5.74, 6) is -2.77. The molecule has 1 rings (SSSR count). The van der Waals surface area contributed by atoms with E-state index in [0.29, 0.717) is 0 Å². The SMILES string of the molecule is CC(Nc1nc(Cl)ncc1Cl)C(C)(F)F. The van der Waals surface area contributed by atoms with Crippen molar-refractivity contribution in [1.82, 2.24) is 9.97 Å². The lowest BCUT2D eigenvalue weighted by molar-refractivity contribution is 0.00689. The molecule has 0 spiro atoms. The largest absolute Gasteiger partial charge is 0.360 e. The molecule has 7 heteroatoms. The van der Waals surface area contributed by atoms with Crippen LogP contribution in [-0.2, 0) is 0 Å². The number of hydrogen-bond donors (Lipinski definition) is 1. The third-order valence-electron chi connectivity index (χ3n) is 1.83. The summed E-state index contributed by atoms with van der Waals surface area (Å²) < 4.78 is 25.7. The third-order valence-corrected chi connectivity index (χ3v) is 2.29. The van der Waals surface area contributed by atoms with Crippen molar-refractivity contribution in [3.63, 3.8) is 0 Å². The Labute approximate surface area is 95.8 Å². The minimum Gasteiger partial charge on any atom is -0.360 e. The molecule has 0 saturated heterocycles. The summed E-state index contributed by atoms with van der Waals surface area (Å²) in [7, 11) is 0. The number of anilines is 1. The summed E-state index contributed by atoms with van der Waals surface area (Å²) in [5, 5.41) is 2.57. The molecule has 15 heavy (non-hydrogen) atoms. The summed E-state index contributed by atoms with van der Waals surface area (Å²) in [4.78, 5) is 7.31. The number of nitrogens with zero attached hydrogens (tertiary/aromatic N) is 2. The van der Waals surface area contributed by atoms with Crippen molar-refractivity contribution in [2.24, 2.45) is 0 Å². The first-order chi connectivity index (χ1) is 6.80. The van der Waals surface area contributed by atoms with Gasteiger partial charge >= 0.3 is 0 Å². The molecule has 1 unspecified atom stereocenters. The van der Waals surface area contributed by atoms with Crippen LogP contribution in [0, 0.1) is 0 Å². The highest BCUT2D eigenvalue weighted by atomic mass is 35.5. The van der Waals surface area contributed by atoms with E-state index in [-0.39, 0.29) is 16.1 Å². The third kappa shape index (κ3) is 3.43. The van der Waals surface area contributed by atoms with Crippen molar-refractivity contribution in [1.29, 1.82) is 0 Å². The second-order valence-corrected chi connectivity index (χ2v) is 3.90. The molecule has 1 aromatic heterocycles. The first kappa shape index (κ1) is 12.4. The molecular weight excluding hydrogens is 247 g/mol. The van der Waals surface area contributed by atoms with Crippen LogP contribution in [-0.4, -0.2) is 21.9 Å². The van der Waals surface area contributed by atoms with Crippen molar-refractivity contribution in [2.75, 3.05) is 5.32 Å². The van der Waals surface area contributed by atoms with Gasteiger partial charge in [-0.15, -0.1) is 0 Å². The van der Waals surface area contributed by atoms with Crippen molar-refractivity contribution in [3.8, 4) is 0 Å². The zero-order valence-corrected chi connectivity index (χ0v) is 9.57. The molecule has 0 fully saturated rings. The highest BCUT2D eigenvalue weighted by Crippen LogP contribution is 2.25. The summed E-state index contributed by atoms with van der Waals surface area (Å²) in [6, 6.07) is -1.10. The first-order valence-electron chi connectivity index (χ1n) is 4.13.